The van der Waals surface area contributed by atoms with Crippen LogP contribution in [0.2, 0.25) is 0 Å². The van der Waals surface area contributed by atoms with E-state index in [1.54, 1.807) is 30.6 Å². The van der Waals surface area contributed by atoms with Crippen molar-refractivity contribution in [1.82, 2.24) is 24.7 Å². The van der Waals surface area contributed by atoms with Crippen LogP contribution in [0.4, 0.5) is 11.6 Å². The normalized spacial score (nSPS) is 15.3. The summed E-state index contributed by atoms with van der Waals surface area (Å²) in [4.78, 5) is 16.5. The highest BCUT2D eigenvalue weighted by Crippen LogP contribution is 2.27. The van der Waals surface area contributed by atoms with Gasteiger partial charge in [-0.3, -0.25) is 0 Å². The van der Waals surface area contributed by atoms with Crippen molar-refractivity contribution >= 4 is 32.8 Å². The molecule has 2 aromatic heterocycles. The number of nitrogens with zero attached hydrogens (tertiary/aromatic N) is 3. The molecule has 0 saturated heterocycles. The smallest absolute Gasteiger partial charge is 0.247 e. The van der Waals surface area contributed by atoms with E-state index in [0.29, 0.717) is 47.7 Å². The Morgan fingerprint density at radius 3 is 2.65 bits per heavy atom. The SMILES string of the molecule is CCCNS(=O)(=O)c1ccc(Nc2nc(OCC3CCCCC3)c3nc[nH]c3n2)cc1. The molecule has 1 aliphatic carbocycles. The zero-order chi connectivity index (χ0) is 21.7. The van der Waals surface area contributed by atoms with Crippen molar-refractivity contribution < 1.29 is 13.2 Å². The highest BCUT2D eigenvalue weighted by molar-refractivity contribution is 7.89. The predicted octanol–water partition coefficient (Wildman–Crippen LogP) is 3.74. The van der Waals surface area contributed by atoms with Gasteiger partial charge in [-0.25, -0.2) is 18.1 Å². The van der Waals surface area contributed by atoms with Crippen molar-refractivity contribution in [2.45, 2.75) is 50.3 Å². The third kappa shape index (κ3) is 5.31. The van der Waals surface area contributed by atoms with Crippen molar-refractivity contribution in [3.8, 4) is 5.88 Å². The number of sulfonamides is 1. The van der Waals surface area contributed by atoms with Crippen molar-refractivity contribution in [3.63, 3.8) is 0 Å². The van der Waals surface area contributed by atoms with Gasteiger partial charge in [-0.15, -0.1) is 0 Å². The highest BCUT2D eigenvalue weighted by atomic mass is 32.2. The minimum Gasteiger partial charge on any atom is -0.476 e. The van der Waals surface area contributed by atoms with Crippen molar-refractivity contribution in [2.24, 2.45) is 5.92 Å². The zero-order valence-corrected chi connectivity index (χ0v) is 18.4. The van der Waals surface area contributed by atoms with E-state index in [0.717, 1.165) is 6.42 Å². The summed E-state index contributed by atoms with van der Waals surface area (Å²) in [7, 11) is -3.50. The summed E-state index contributed by atoms with van der Waals surface area (Å²) in [5.41, 5.74) is 1.86. The van der Waals surface area contributed by atoms with Gasteiger partial charge in [-0.1, -0.05) is 26.2 Å². The summed E-state index contributed by atoms with van der Waals surface area (Å²) in [6.07, 6.45) is 8.47. The Hall–Kier alpha value is -2.72. The Bertz CT molecular complexity index is 1110. The lowest BCUT2D eigenvalue weighted by Crippen LogP contribution is -2.24. The fourth-order valence-corrected chi connectivity index (χ4v) is 4.82. The Morgan fingerprint density at radius 1 is 1.13 bits per heavy atom. The van der Waals surface area contributed by atoms with Crippen LogP contribution in [0, 0.1) is 5.92 Å². The van der Waals surface area contributed by atoms with Gasteiger partial charge in [0.15, 0.2) is 11.2 Å². The number of imidazole rings is 1. The molecule has 10 heteroatoms. The average Bonchev–Trinajstić information content (AvgIpc) is 3.26. The van der Waals surface area contributed by atoms with E-state index in [2.05, 4.69) is 30.0 Å². The van der Waals surface area contributed by atoms with E-state index in [1.807, 2.05) is 6.92 Å². The van der Waals surface area contributed by atoms with Crippen LogP contribution >= 0.6 is 0 Å². The summed E-state index contributed by atoms with van der Waals surface area (Å²) in [6, 6.07) is 6.47. The van der Waals surface area contributed by atoms with Crippen LogP contribution in [0.25, 0.3) is 11.2 Å². The molecule has 31 heavy (non-hydrogen) atoms. The van der Waals surface area contributed by atoms with Gasteiger partial charge in [-0.05, 0) is 49.4 Å². The fraction of sp³-hybridized carbons (Fsp3) is 0.476. The summed E-state index contributed by atoms with van der Waals surface area (Å²) in [5.74, 6) is 1.35. The lowest BCUT2D eigenvalue weighted by Gasteiger charge is -2.21. The third-order valence-electron chi connectivity index (χ3n) is 5.39. The zero-order valence-electron chi connectivity index (χ0n) is 17.6. The third-order valence-corrected chi connectivity index (χ3v) is 6.87. The standard InChI is InChI=1S/C21H28N6O3S/c1-2-12-24-31(28,29)17-10-8-16(9-11-17)25-21-26-19-18(22-14-23-19)20(27-21)30-13-15-6-4-3-5-7-15/h8-11,14-15,24H,2-7,12-13H2,1H3,(H2,22,23,25,26,27). The molecule has 4 rings (SSSR count). The second-order valence-electron chi connectivity index (χ2n) is 7.81. The molecule has 1 aromatic carbocycles. The summed E-state index contributed by atoms with van der Waals surface area (Å²) in [5, 5.41) is 3.12. The van der Waals surface area contributed by atoms with Crippen LogP contribution in [0.5, 0.6) is 5.88 Å². The molecular formula is C21H28N6O3S. The van der Waals surface area contributed by atoms with Gasteiger partial charge in [0.2, 0.25) is 21.9 Å². The molecular weight excluding hydrogens is 416 g/mol. The van der Waals surface area contributed by atoms with Gasteiger partial charge in [0.05, 0.1) is 17.8 Å². The van der Waals surface area contributed by atoms with Gasteiger partial charge >= 0.3 is 0 Å². The first-order valence-corrected chi connectivity index (χ1v) is 12.2. The molecule has 0 aliphatic heterocycles. The quantitative estimate of drug-likeness (QED) is 0.459. The molecule has 1 aliphatic rings. The molecule has 0 radical (unpaired) electrons. The van der Waals surface area contributed by atoms with Gasteiger partial charge in [0.1, 0.15) is 0 Å². The van der Waals surface area contributed by atoms with Crippen LogP contribution in [-0.2, 0) is 10.0 Å². The van der Waals surface area contributed by atoms with Crippen LogP contribution in [0.3, 0.4) is 0 Å². The molecule has 0 spiro atoms. The number of fused-ring (bicyclic) bond motifs is 1. The summed E-state index contributed by atoms with van der Waals surface area (Å²) in [6.45, 7) is 2.94. The van der Waals surface area contributed by atoms with E-state index >= 15 is 0 Å². The first-order chi connectivity index (χ1) is 15.0. The molecule has 166 valence electrons. The predicted molar refractivity (Wildman–Crippen MR) is 119 cm³/mol. The second kappa shape index (κ2) is 9.61. The maximum atomic E-state index is 12.2. The van der Waals surface area contributed by atoms with Crippen LogP contribution < -0.4 is 14.8 Å². The summed E-state index contributed by atoms with van der Waals surface area (Å²) >= 11 is 0. The maximum absolute atomic E-state index is 12.2. The molecule has 9 nitrogen and oxygen atoms in total. The number of aromatic nitrogens is 4. The molecule has 0 amide bonds. The van der Waals surface area contributed by atoms with Crippen LogP contribution in [0.1, 0.15) is 45.4 Å². The maximum Gasteiger partial charge on any atom is 0.247 e. The van der Waals surface area contributed by atoms with Crippen LogP contribution in [0.15, 0.2) is 35.5 Å². The van der Waals surface area contributed by atoms with Crippen molar-refractivity contribution in [3.05, 3.63) is 30.6 Å². The molecule has 0 bridgehead atoms. The lowest BCUT2D eigenvalue weighted by atomic mass is 9.90. The average molecular weight is 445 g/mol. The number of nitrogens with one attached hydrogen (secondary N) is 3. The second-order valence-corrected chi connectivity index (χ2v) is 9.58. The number of hydrogen-bond donors (Lipinski definition) is 3. The van der Waals surface area contributed by atoms with E-state index < -0.39 is 10.0 Å². The lowest BCUT2D eigenvalue weighted by molar-refractivity contribution is 0.205. The fourth-order valence-electron chi connectivity index (χ4n) is 3.68. The minimum atomic E-state index is -3.50. The van der Waals surface area contributed by atoms with Crippen molar-refractivity contribution in [2.75, 3.05) is 18.5 Å². The number of ether oxygens (including phenoxy) is 1. The number of anilines is 2. The molecule has 3 N–H and O–H groups in total. The van der Waals surface area contributed by atoms with Gasteiger partial charge in [0, 0.05) is 12.2 Å². The van der Waals surface area contributed by atoms with Crippen molar-refractivity contribution in [1.29, 1.82) is 0 Å². The molecule has 1 fully saturated rings. The molecule has 1 saturated carbocycles. The van der Waals surface area contributed by atoms with E-state index in [1.165, 1.54) is 32.1 Å². The minimum absolute atomic E-state index is 0.216. The Balaban J connectivity index is 1.49. The molecule has 0 atom stereocenters. The first-order valence-electron chi connectivity index (χ1n) is 10.8. The Morgan fingerprint density at radius 2 is 1.90 bits per heavy atom. The Kier molecular flexibility index (Phi) is 6.67. The number of benzene rings is 1. The number of rotatable bonds is 9. The number of hydrogen-bond acceptors (Lipinski definition) is 7. The Labute approximate surface area is 182 Å². The largest absolute Gasteiger partial charge is 0.476 e. The summed E-state index contributed by atoms with van der Waals surface area (Å²) < 4.78 is 33.1. The molecule has 2 heterocycles. The monoisotopic (exact) mass is 444 g/mol. The topological polar surface area (TPSA) is 122 Å². The van der Waals surface area contributed by atoms with E-state index in [-0.39, 0.29) is 4.90 Å². The molecule has 3 aromatic rings. The van der Waals surface area contributed by atoms with Crippen LogP contribution in [-0.4, -0.2) is 41.5 Å². The molecule has 0 unspecified atom stereocenters. The van der Waals surface area contributed by atoms with Gasteiger partial charge < -0.3 is 15.0 Å². The highest BCUT2D eigenvalue weighted by Gasteiger charge is 2.18. The van der Waals surface area contributed by atoms with Gasteiger partial charge in [0.25, 0.3) is 0 Å². The van der Waals surface area contributed by atoms with Gasteiger partial charge in [-0.2, -0.15) is 9.97 Å². The number of H-pyrrole nitrogens is 1. The van der Waals surface area contributed by atoms with E-state index in [4.69, 9.17) is 4.74 Å². The van der Waals surface area contributed by atoms with E-state index in [9.17, 15) is 8.42 Å². The first kappa shape index (κ1) is 21.5. The number of aromatic amines is 1.